The van der Waals surface area contributed by atoms with Gasteiger partial charge in [-0.15, -0.1) is 11.3 Å². The molecule has 2 aliphatic rings. The van der Waals surface area contributed by atoms with Crippen LogP contribution in [0.25, 0.3) is 11.1 Å². The van der Waals surface area contributed by atoms with Gasteiger partial charge in [0.05, 0.1) is 11.8 Å². The first-order valence-corrected chi connectivity index (χ1v) is 11.5. The molecule has 1 amide bonds. The van der Waals surface area contributed by atoms with Gasteiger partial charge in [-0.05, 0) is 61.1 Å². The van der Waals surface area contributed by atoms with Crippen LogP contribution in [0.15, 0.2) is 48.5 Å². The van der Waals surface area contributed by atoms with E-state index in [-0.39, 0.29) is 29.2 Å². The normalized spacial score (nSPS) is 18.3. The molecule has 164 valence electrons. The molecule has 0 spiro atoms. The lowest BCUT2D eigenvalue weighted by Crippen LogP contribution is -2.22. The van der Waals surface area contributed by atoms with Gasteiger partial charge in [-0.25, -0.2) is 9.18 Å². The summed E-state index contributed by atoms with van der Waals surface area (Å²) in [5.41, 5.74) is 2.40. The number of aromatic carboxylic acids is 1. The van der Waals surface area contributed by atoms with Crippen LogP contribution in [0.4, 0.5) is 10.1 Å². The average Bonchev–Trinajstić information content (AvgIpc) is 3.42. The summed E-state index contributed by atoms with van der Waals surface area (Å²) in [5, 5.41) is 12.7. The van der Waals surface area contributed by atoms with Crippen molar-refractivity contribution in [2.24, 2.45) is 0 Å². The fourth-order valence-electron chi connectivity index (χ4n) is 4.60. The minimum Gasteiger partial charge on any atom is -0.490 e. The number of carbonyl (C=O) groups excluding carboxylic acids is 1. The Labute approximate surface area is 188 Å². The third kappa shape index (κ3) is 3.88. The van der Waals surface area contributed by atoms with Crippen molar-refractivity contribution in [3.05, 3.63) is 69.7 Å². The number of fused-ring (bicyclic) bond motifs is 1. The Morgan fingerprint density at radius 1 is 1.12 bits per heavy atom. The smallest absolute Gasteiger partial charge is 0.346 e. The number of hydrogen-bond acceptors (Lipinski definition) is 4. The molecule has 2 heterocycles. The first-order valence-electron chi connectivity index (χ1n) is 10.7. The fourth-order valence-corrected chi connectivity index (χ4v) is 5.85. The molecule has 1 aliphatic carbocycles. The van der Waals surface area contributed by atoms with Crippen LogP contribution in [-0.4, -0.2) is 23.1 Å². The number of anilines is 1. The summed E-state index contributed by atoms with van der Waals surface area (Å²) in [6, 6.07) is 13.4. The van der Waals surface area contributed by atoms with Gasteiger partial charge in [0.25, 0.3) is 0 Å². The topological polar surface area (TPSA) is 75.6 Å². The summed E-state index contributed by atoms with van der Waals surface area (Å²) in [4.78, 5) is 25.6. The Morgan fingerprint density at radius 2 is 1.88 bits per heavy atom. The van der Waals surface area contributed by atoms with Crippen molar-refractivity contribution in [1.29, 1.82) is 0 Å². The molecule has 5 rings (SSSR count). The molecule has 3 aromatic rings. The maximum Gasteiger partial charge on any atom is 0.346 e. The Balaban J connectivity index is 1.58. The summed E-state index contributed by atoms with van der Waals surface area (Å²) in [5.74, 6) is -1.16. The van der Waals surface area contributed by atoms with E-state index in [4.69, 9.17) is 4.74 Å². The van der Waals surface area contributed by atoms with Crippen LogP contribution < -0.4 is 10.1 Å². The molecular weight excluding hydrogens is 429 g/mol. The van der Waals surface area contributed by atoms with Crippen molar-refractivity contribution in [3.8, 4) is 16.9 Å². The maximum atomic E-state index is 13.5. The standard InChI is InChI=1S/C25H22FNO4S/c26-16-10-8-14(9-11-16)21-22-23(32-24(21)25(29)30)19(13-20(28)27-22)15-4-3-7-18(12-15)31-17-5-1-2-6-17/h3-4,7-12,17,19H,1-2,5-6,13H2,(H,27,28)(H,29,30)/t19-/m1/s1. The Morgan fingerprint density at radius 3 is 2.59 bits per heavy atom. The van der Waals surface area contributed by atoms with E-state index >= 15 is 0 Å². The lowest BCUT2D eigenvalue weighted by Gasteiger charge is -2.24. The maximum absolute atomic E-state index is 13.5. The predicted molar refractivity (Wildman–Crippen MR) is 121 cm³/mol. The highest BCUT2D eigenvalue weighted by molar-refractivity contribution is 7.15. The molecule has 1 fully saturated rings. The zero-order valence-electron chi connectivity index (χ0n) is 17.3. The lowest BCUT2D eigenvalue weighted by atomic mass is 9.88. The predicted octanol–water partition coefficient (Wildman–Crippen LogP) is 6.05. The van der Waals surface area contributed by atoms with Gasteiger partial charge in [0, 0.05) is 22.8 Å². The second-order valence-electron chi connectivity index (χ2n) is 8.26. The first kappa shape index (κ1) is 20.7. The van der Waals surface area contributed by atoms with E-state index in [1.54, 1.807) is 0 Å². The Kier molecular flexibility index (Phi) is 5.43. The molecule has 2 aromatic carbocycles. The van der Waals surface area contributed by atoms with Crippen LogP contribution >= 0.6 is 11.3 Å². The van der Waals surface area contributed by atoms with Crippen LogP contribution in [-0.2, 0) is 4.79 Å². The molecular formula is C25H22FNO4S. The van der Waals surface area contributed by atoms with Gasteiger partial charge in [-0.3, -0.25) is 4.79 Å². The van der Waals surface area contributed by atoms with E-state index < -0.39 is 11.8 Å². The van der Waals surface area contributed by atoms with Gasteiger partial charge in [0.15, 0.2) is 0 Å². The summed E-state index contributed by atoms with van der Waals surface area (Å²) in [6.45, 7) is 0. The van der Waals surface area contributed by atoms with Crippen molar-refractivity contribution in [2.75, 3.05) is 5.32 Å². The summed E-state index contributed by atoms with van der Waals surface area (Å²) < 4.78 is 19.6. The molecule has 0 bridgehead atoms. The SMILES string of the molecule is O=C1C[C@H](c2cccc(OC3CCCC3)c2)c2sc(C(=O)O)c(-c3ccc(F)cc3)c2N1. The number of rotatable bonds is 5. The first-order chi connectivity index (χ1) is 15.5. The van der Waals surface area contributed by atoms with Crippen molar-refractivity contribution < 1.29 is 23.8 Å². The minimum atomic E-state index is -1.07. The second-order valence-corrected chi connectivity index (χ2v) is 9.31. The van der Waals surface area contributed by atoms with Crippen molar-refractivity contribution >= 4 is 28.9 Å². The molecule has 1 aliphatic heterocycles. The Hall–Kier alpha value is -3.19. The zero-order valence-corrected chi connectivity index (χ0v) is 18.1. The third-order valence-electron chi connectivity index (χ3n) is 6.10. The molecule has 7 heteroatoms. The zero-order chi connectivity index (χ0) is 22.2. The van der Waals surface area contributed by atoms with Crippen LogP contribution in [0.5, 0.6) is 5.75 Å². The van der Waals surface area contributed by atoms with Crippen molar-refractivity contribution in [1.82, 2.24) is 0 Å². The number of nitrogens with one attached hydrogen (secondary N) is 1. The molecule has 1 saturated carbocycles. The highest BCUT2D eigenvalue weighted by Crippen LogP contribution is 2.49. The van der Waals surface area contributed by atoms with E-state index in [1.807, 2.05) is 24.3 Å². The molecule has 0 saturated heterocycles. The molecule has 32 heavy (non-hydrogen) atoms. The fraction of sp³-hybridized carbons (Fsp3) is 0.280. The third-order valence-corrected chi connectivity index (χ3v) is 7.39. The number of carboxylic acid groups (broad SMARTS) is 1. The average molecular weight is 452 g/mol. The minimum absolute atomic E-state index is 0.132. The lowest BCUT2D eigenvalue weighted by molar-refractivity contribution is -0.116. The van der Waals surface area contributed by atoms with Gasteiger partial charge >= 0.3 is 5.97 Å². The number of carboxylic acids is 1. The quantitative estimate of drug-likeness (QED) is 0.495. The van der Waals surface area contributed by atoms with Crippen LogP contribution in [0.1, 0.15) is 58.1 Å². The van der Waals surface area contributed by atoms with Gasteiger partial charge in [0.1, 0.15) is 16.4 Å². The van der Waals surface area contributed by atoms with Crippen molar-refractivity contribution in [3.63, 3.8) is 0 Å². The number of amides is 1. The molecule has 0 radical (unpaired) electrons. The van der Waals surface area contributed by atoms with E-state index in [1.165, 1.54) is 37.1 Å². The van der Waals surface area contributed by atoms with E-state index in [9.17, 15) is 19.1 Å². The van der Waals surface area contributed by atoms with Crippen LogP contribution in [0.2, 0.25) is 0 Å². The monoisotopic (exact) mass is 451 g/mol. The van der Waals surface area contributed by atoms with Gasteiger partial charge in [0.2, 0.25) is 5.91 Å². The van der Waals surface area contributed by atoms with Crippen molar-refractivity contribution in [2.45, 2.75) is 44.1 Å². The van der Waals surface area contributed by atoms with Gasteiger partial charge < -0.3 is 15.2 Å². The number of halogens is 1. The van der Waals surface area contributed by atoms with E-state index in [0.29, 0.717) is 16.8 Å². The van der Waals surface area contributed by atoms with E-state index in [0.717, 1.165) is 40.4 Å². The van der Waals surface area contributed by atoms with Gasteiger partial charge in [-0.2, -0.15) is 0 Å². The molecule has 1 atom stereocenters. The molecule has 5 nitrogen and oxygen atoms in total. The van der Waals surface area contributed by atoms with E-state index in [2.05, 4.69) is 5.32 Å². The van der Waals surface area contributed by atoms with Crippen LogP contribution in [0, 0.1) is 5.82 Å². The number of hydrogen-bond donors (Lipinski definition) is 2. The van der Waals surface area contributed by atoms with Crippen LogP contribution in [0.3, 0.4) is 0 Å². The number of ether oxygens (including phenoxy) is 1. The second kappa shape index (κ2) is 8.39. The number of benzene rings is 2. The molecule has 2 N–H and O–H groups in total. The molecule has 1 aromatic heterocycles. The molecule has 0 unspecified atom stereocenters. The number of thiophene rings is 1. The highest BCUT2D eigenvalue weighted by atomic mass is 32.1. The summed E-state index contributed by atoms with van der Waals surface area (Å²) in [6.07, 6.45) is 4.90. The largest absolute Gasteiger partial charge is 0.490 e. The Bertz CT molecular complexity index is 1180. The van der Waals surface area contributed by atoms with Gasteiger partial charge in [-0.1, -0.05) is 24.3 Å². The summed E-state index contributed by atoms with van der Waals surface area (Å²) in [7, 11) is 0. The highest BCUT2D eigenvalue weighted by Gasteiger charge is 2.34. The summed E-state index contributed by atoms with van der Waals surface area (Å²) >= 11 is 1.16. The number of carbonyl (C=O) groups is 2.